The third-order valence-electron chi connectivity index (χ3n) is 7.38. The van der Waals surface area contributed by atoms with Crippen LogP contribution in [0.1, 0.15) is 74.4 Å². The molecule has 2 N–H and O–H groups in total. The lowest BCUT2D eigenvalue weighted by molar-refractivity contribution is -0.141. The van der Waals surface area contributed by atoms with E-state index < -0.39 is 23.8 Å². The quantitative estimate of drug-likeness (QED) is 0.343. The largest absolute Gasteiger partial charge is 0.444 e. The minimum atomic E-state index is -0.863. The summed E-state index contributed by atoms with van der Waals surface area (Å²) in [6.45, 7) is 15.4. The van der Waals surface area contributed by atoms with Crippen LogP contribution in [-0.4, -0.2) is 52.5 Å². The topological polar surface area (TPSA) is 87.7 Å². The Hall–Kier alpha value is -3.00. The molecular formula is C32H45N3O4S. The van der Waals surface area contributed by atoms with Gasteiger partial charge < -0.3 is 20.3 Å². The van der Waals surface area contributed by atoms with E-state index in [9.17, 15) is 14.4 Å². The number of amides is 3. The van der Waals surface area contributed by atoms with Gasteiger partial charge in [-0.05, 0) is 107 Å². The Labute approximate surface area is 243 Å². The van der Waals surface area contributed by atoms with Crippen LogP contribution in [0, 0.1) is 33.6 Å². The highest BCUT2D eigenvalue weighted by molar-refractivity contribution is 7.98. The lowest BCUT2D eigenvalue weighted by Crippen LogP contribution is -2.53. The maximum Gasteiger partial charge on any atom is 0.408 e. The van der Waals surface area contributed by atoms with Crippen molar-refractivity contribution in [1.29, 1.82) is 0 Å². The van der Waals surface area contributed by atoms with Crippen LogP contribution >= 0.6 is 11.8 Å². The Bertz CT molecular complexity index is 1220. The van der Waals surface area contributed by atoms with E-state index in [1.165, 1.54) is 0 Å². The third kappa shape index (κ3) is 8.03. The number of alkyl carbamates (subject to hydrolysis) is 1. The van der Waals surface area contributed by atoms with Crippen molar-refractivity contribution in [2.75, 3.05) is 17.3 Å². The Morgan fingerprint density at radius 1 is 1.02 bits per heavy atom. The highest BCUT2D eigenvalue weighted by Crippen LogP contribution is 2.41. The zero-order valence-electron chi connectivity index (χ0n) is 25.4. The van der Waals surface area contributed by atoms with E-state index >= 15 is 0 Å². The molecular weight excluding hydrogens is 522 g/mol. The van der Waals surface area contributed by atoms with Crippen LogP contribution in [0.2, 0.25) is 0 Å². The summed E-state index contributed by atoms with van der Waals surface area (Å²) in [6, 6.07) is 10.0. The molecule has 0 heterocycles. The van der Waals surface area contributed by atoms with Crippen molar-refractivity contribution in [1.82, 2.24) is 10.2 Å². The van der Waals surface area contributed by atoms with E-state index in [0.29, 0.717) is 12.2 Å². The molecule has 1 aliphatic rings. The molecule has 0 bridgehead atoms. The van der Waals surface area contributed by atoms with Gasteiger partial charge in [-0.25, -0.2) is 4.79 Å². The SMILES string of the molecule is CSCCC(NC(=O)OC(C)(C)C)C(=O)N(C(C(=O)Nc1c(C)cccc1C)c1ccc(C)c(C)c1)C1CC1C. The van der Waals surface area contributed by atoms with Gasteiger partial charge in [0.05, 0.1) is 0 Å². The van der Waals surface area contributed by atoms with Gasteiger partial charge in [-0.15, -0.1) is 0 Å². The van der Waals surface area contributed by atoms with Crippen molar-refractivity contribution in [3.63, 3.8) is 0 Å². The van der Waals surface area contributed by atoms with E-state index in [2.05, 4.69) is 17.6 Å². The summed E-state index contributed by atoms with van der Waals surface area (Å²) in [5.41, 5.74) is 4.87. The third-order valence-corrected chi connectivity index (χ3v) is 8.02. The van der Waals surface area contributed by atoms with Gasteiger partial charge in [-0.1, -0.05) is 43.3 Å². The zero-order chi connectivity index (χ0) is 29.8. The summed E-state index contributed by atoms with van der Waals surface area (Å²) in [4.78, 5) is 43.1. The van der Waals surface area contributed by atoms with Crippen molar-refractivity contribution in [3.05, 3.63) is 64.2 Å². The molecule has 2 aromatic carbocycles. The molecule has 1 aliphatic carbocycles. The second-order valence-corrected chi connectivity index (χ2v) is 13.0. The number of carbonyl (C=O) groups excluding carboxylic acids is 3. The Balaban J connectivity index is 2.07. The molecule has 0 spiro atoms. The first-order chi connectivity index (χ1) is 18.7. The van der Waals surface area contributed by atoms with Crippen molar-refractivity contribution in [3.8, 4) is 0 Å². The van der Waals surface area contributed by atoms with E-state index in [0.717, 1.165) is 39.9 Å². The lowest BCUT2D eigenvalue weighted by atomic mass is 9.97. The molecule has 7 nitrogen and oxygen atoms in total. The van der Waals surface area contributed by atoms with Crippen molar-refractivity contribution >= 4 is 35.4 Å². The molecule has 218 valence electrons. The number of carbonyl (C=O) groups is 3. The molecule has 0 aromatic heterocycles. The first kappa shape index (κ1) is 31.5. The van der Waals surface area contributed by atoms with Gasteiger partial charge in [-0.2, -0.15) is 11.8 Å². The summed E-state index contributed by atoms with van der Waals surface area (Å²) in [7, 11) is 0. The summed E-state index contributed by atoms with van der Waals surface area (Å²) < 4.78 is 5.50. The van der Waals surface area contributed by atoms with Crippen molar-refractivity contribution in [2.24, 2.45) is 5.92 Å². The van der Waals surface area contributed by atoms with Gasteiger partial charge in [0.15, 0.2) is 0 Å². The van der Waals surface area contributed by atoms with Crippen molar-refractivity contribution in [2.45, 2.75) is 92.0 Å². The van der Waals surface area contributed by atoms with Gasteiger partial charge in [0.25, 0.3) is 5.91 Å². The van der Waals surface area contributed by atoms with Crippen LogP contribution in [0.3, 0.4) is 0 Å². The number of hydrogen-bond donors (Lipinski definition) is 2. The van der Waals surface area contributed by atoms with Gasteiger partial charge in [0, 0.05) is 11.7 Å². The fourth-order valence-electron chi connectivity index (χ4n) is 4.87. The molecule has 3 amide bonds. The molecule has 0 radical (unpaired) electrons. The zero-order valence-corrected chi connectivity index (χ0v) is 26.2. The fourth-order valence-corrected chi connectivity index (χ4v) is 5.34. The van der Waals surface area contributed by atoms with Crippen LogP contribution in [0.5, 0.6) is 0 Å². The van der Waals surface area contributed by atoms with Crippen LogP contribution in [-0.2, 0) is 14.3 Å². The molecule has 1 fully saturated rings. The summed E-state index contributed by atoms with van der Waals surface area (Å²) in [6.07, 6.45) is 2.55. The highest BCUT2D eigenvalue weighted by Gasteiger charge is 2.48. The molecule has 1 saturated carbocycles. The second-order valence-electron chi connectivity index (χ2n) is 12.0. The van der Waals surface area contributed by atoms with Crippen molar-refractivity contribution < 1.29 is 19.1 Å². The number of nitrogens with one attached hydrogen (secondary N) is 2. The van der Waals surface area contributed by atoms with Gasteiger partial charge in [-0.3, -0.25) is 9.59 Å². The number of para-hydroxylation sites is 1. The molecule has 8 heteroatoms. The van der Waals surface area contributed by atoms with E-state index in [-0.39, 0.29) is 23.8 Å². The minimum Gasteiger partial charge on any atom is -0.444 e. The number of benzene rings is 2. The second kappa shape index (κ2) is 13.1. The fraction of sp³-hybridized carbons (Fsp3) is 0.531. The number of nitrogens with zero attached hydrogens (tertiary/aromatic N) is 1. The van der Waals surface area contributed by atoms with Crippen LogP contribution < -0.4 is 10.6 Å². The number of anilines is 1. The molecule has 4 atom stereocenters. The summed E-state index contributed by atoms with van der Waals surface area (Å²) in [5.74, 6) is 0.375. The molecule has 0 saturated heterocycles. The van der Waals surface area contributed by atoms with E-state index in [1.54, 1.807) is 37.4 Å². The average molecular weight is 568 g/mol. The molecule has 4 unspecified atom stereocenters. The van der Waals surface area contributed by atoms with Crippen LogP contribution in [0.4, 0.5) is 10.5 Å². The average Bonchev–Trinajstić information content (AvgIpc) is 3.58. The van der Waals surface area contributed by atoms with Gasteiger partial charge in [0.2, 0.25) is 5.91 Å². The maximum atomic E-state index is 14.4. The summed E-state index contributed by atoms with van der Waals surface area (Å²) in [5, 5.41) is 5.97. The van der Waals surface area contributed by atoms with Gasteiger partial charge in [0.1, 0.15) is 17.7 Å². The number of rotatable bonds is 10. The van der Waals surface area contributed by atoms with Crippen LogP contribution in [0.25, 0.3) is 0 Å². The van der Waals surface area contributed by atoms with E-state index in [4.69, 9.17) is 4.74 Å². The van der Waals surface area contributed by atoms with Gasteiger partial charge >= 0.3 is 6.09 Å². The normalized spacial score (nSPS) is 17.9. The highest BCUT2D eigenvalue weighted by atomic mass is 32.2. The number of thioether (sulfide) groups is 1. The molecule has 3 rings (SSSR count). The van der Waals surface area contributed by atoms with E-state index in [1.807, 2.05) is 70.3 Å². The lowest BCUT2D eigenvalue weighted by Gasteiger charge is -2.35. The number of aryl methyl sites for hydroxylation is 4. The first-order valence-electron chi connectivity index (χ1n) is 14.0. The number of ether oxygens (including phenoxy) is 1. The minimum absolute atomic E-state index is 0.111. The predicted octanol–water partition coefficient (Wildman–Crippen LogP) is 6.48. The maximum absolute atomic E-state index is 14.4. The Morgan fingerprint density at radius 2 is 1.65 bits per heavy atom. The smallest absolute Gasteiger partial charge is 0.408 e. The molecule has 2 aromatic rings. The van der Waals surface area contributed by atoms with Crippen LogP contribution in [0.15, 0.2) is 36.4 Å². The monoisotopic (exact) mass is 567 g/mol. The standard InChI is InChI=1S/C32H45N3O4S/c1-19-13-14-24(17-22(19)4)28(29(36)34-27-20(2)11-10-12-21(27)3)35(26-18-23(26)5)30(37)25(15-16-40-9)33-31(38)39-32(6,7)8/h10-14,17,23,25-26,28H,15-16,18H2,1-9H3,(H,33,38)(H,34,36). The first-order valence-corrected chi connectivity index (χ1v) is 15.4. The Kier molecular flexibility index (Phi) is 10.3. The summed E-state index contributed by atoms with van der Waals surface area (Å²) >= 11 is 1.60. The molecule has 40 heavy (non-hydrogen) atoms. The number of hydrogen-bond acceptors (Lipinski definition) is 5. The molecule has 0 aliphatic heterocycles. The Morgan fingerprint density at radius 3 is 2.17 bits per heavy atom. The predicted molar refractivity (Wildman–Crippen MR) is 164 cm³/mol.